The number of carbonyl (C=O) groups excluding carboxylic acids is 1. The third-order valence-corrected chi connectivity index (χ3v) is 4.14. The van der Waals surface area contributed by atoms with Gasteiger partial charge in [0.1, 0.15) is 0 Å². The van der Waals surface area contributed by atoms with Gasteiger partial charge in [-0.2, -0.15) is 11.8 Å². The van der Waals surface area contributed by atoms with Crippen molar-refractivity contribution in [3.8, 4) is 0 Å². The number of pyridine rings is 2. The highest BCUT2D eigenvalue weighted by Gasteiger charge is 2.20. The van der Waals surface area contributed by atoms with Crippen molar-refractivity contribution in [1.29, 1.82) is 0 Å². The molecule has 118 valence electrons. The molecule has 0 fully saturated rings. The Morgan fingerprint density at radius 2 is 2.22 bits per heavy atom. The van der Waals surface area contributed by atoms with E-state index >= 15 is 0 Å². The molecule has 0 bridgehead atoms. The lowest BCUT2D eigenvalue weighted by molar-refractivity contribution is 0.0933. The SMILES string of the molecule is CSCC[C@@H](NC(=O)c1cccnc1)c1nnc2ccccn12. The monoisotopic (exact) mass is 327 g/mol. The average Bonchev–Trinajstić information content (AvgIpc) is 3.03. The maximum atomic E-state index is 12.4. The summed E-state index contributed by atoms with van der Waals surface area (Å²) in [7, 11) is 0. The molecule has 7 heteroatoms. The van der Waals surface area contributed by atoms with Crippen molar-refractivity contribution in [3.05, 3.63) is 60.3 Å². The van der Waals surface area contributed by atoms with Crippen LogP contribution in [0.15, 0.2) is 48.9 Å². The topological polar surface area (TPSA) is 72.2 Å². The Hall–Kier alpha value is -2.41. The molecule has 0 unspecified atom stereocenters. The van der Waals surface area contributed by atoms with Crippen LogP contribution in [0.4, 0.5) is 0 Å². The summed E-state index contributed by atoms with van der Waals surface area (Å²) in [6.45, 7) is 0. The van der Waals surface area contributed by atoms with Crippen LogP contribution in [-0.2, 0) is 0 Å². The van der Waals surface area contributed by atoms with Gasteiger partial charge < -0.3 is 5.32 Å². The van der Waals surface area contributed by atoms with Gasteiger partial charge in [0, 0.05) is 18.6 Å². The molecule has 0 aliphatic heterocycles. The van der Waals surface area contributed by atoms with Crippen LogP contribution in [-0.4, -0.2) is 37.5 Å². The van der Waals surface area contributed by atoms with E-state index in [1.807, 2.05) is 35.1 Å². The molecule has 1 atom stereocenters. The Labute approximate surface area is 138 Å². The van der Waals surface area contributed by atoms with Crippen LogP contribution < -0.4 is 5.32 Å². The van der Waals surface area contributed by atoms with Gasteiger partial charge >= 0.3 is 0 Å². The summed E-state index contributed by atoms with van der Waals surface area (Å²) in [5, 5.41) is 11.5. The van der Waals surface area contributed by atoms with Gasteiger partial charge in [0.15, 0.2) is 11.5 Å². The van der Waals surface area contributed by atoms with E-state index in [9.17, 15) is 4.79 Å². The summed E-state index contributed by atoms with van der Waals surface area (Å²) in [5.74, 6) is 1.50. The molecule has 3 aromatic rings. The molecule has 0 aliphatic rings. The number of carbonyl (C=O) groups is 1. The molecule has 0 saturated heterocycles. The lowest BCUT2D eigenvalue weighted by Gasteiger charge is -2.17. The number of rotatable bonds is 6. The van der Waals surface area contributed by atoms with Crippen LogP contribution in [0.5, 0.6) is 0 Å². The fourth-order valence-corrected chi connectivity index (χ4v) is 2.81. The molecule has 3 rings (SSSR count). The van der Waals surface area contributed by atoms with Crippen molar-refractivity contribution in [1.82, 2.24) is 24.9 Å². The number of amides is 1. The number of hydrogen-bond acceptors (Lipinski definition) is 5. The van der Waals surface area contributed by atoms with E-state index < -0.39 is 0 Å². The van der Waals surface area contributed by atoms with Crippen molar-refractivity contribution in [2.75, 3.05) is 12.0 Å². The minimum Gasteiger partial charge on any atom is -0.342 e. The van der Waals surface area contributed by atoms with Gasteiger partial charge in [0.2, 0.25) is 0 Å². The molecule has 1 amide bonds. The maximum absolute atomic E-state index is 12.4. The molecule has 0 aromatic carbocycles. The number of fused-ring (bicyclic) bond motifs is 1. The second-order valence-corrected chi connectivity index (χ2v) is 6.02. The lowest BCUT2D eigenvalue weighted by Crippen LogP contribution is -2.30. The highest BCUT2D eigenvalue weighted by atomic mass is 32.2. The first-order valence-electron chi connectivity index (χ1n) is 7.29. The molecule has 3 heterocycles. The molecule has 23 heavy (non-hydrogen) atoms. The minimum absolute atomic E-state index is 0.156. The predicted octanol–water partition coefficient (Wildman–Crippen LogP) is 2.35. The number of nitrogens with zero attached hydrogens (tertiary/aromatic N) is 4. The zero-order valence-electron chi connectivity index (χ0n) is 12.7. The van der Waals surface area contributed by atoms with E-state index in [1.54, 1.807) is 36.3 Å². The van der Waals surface area contributed by atoms with Gasteiger partial charge in [-0.05, 0) is 42.7 Å². The number of thioether (sulfide) groups is 1. The third kappa shape index (κ3) is 3.50. The van der Waals surface area contributed by atoms with Crippen LogP contribution >= 0.6 is 11.8 Å². The Morgan fingerprint density at radius 1 is 1.30 bits per heavy atom. The normalized spacial score (nSPS) is 12.2. The molecule has 0 radical (unpaired) electrons. The van der Waals surface area contributed by atoms with E-state index in [-0.39, 0.29) is 11.9 Å². The smallest absolute Gasteiger partial charge is 0.253 e. The van der Waals surface area contributed by atoms with Crippen molar-refractivity contribution in [2.24, 2.45) is 0 Å². The van der Waals surface area contributed by atoms with E-state index in [4.69, 9.17) is 0 Å². The van der Waals surface area contributed by atoms with Gasteiger partial charge in [0.05, 0.1) is 11.6 Å². The molecular formula is C16H17N5OS. The molecule has 1 N–H and O–H groups in total. The first kappa shape index (κ1) is 15.5. The van der Waals surface area contributed by atoms with Crippen LogP contribution in [0.1, 0.15) is 28.6 Å². The fraction of sp³-hybridized carbons (Fsp3) is 0.250. The van der Waals surface area contributed by atoms with Crippen molar-refractivity contribution >= 4 is 23.3 Å². The average molecular weight is 327 g/mol. The molecule has 6 nitrogen and oxygen atoms in total. The summed E-state index contributed by atoms with van der Waals surface area (Å²) < 4.78 is 1.91. The number of nitrogens with one attached hydrogen (secondary N) is 1. The van der Waals surface area contributed by atoms with E-state index in [1.165, 1.54) is 0 Å². The van der Waals surface area contributed by atoms with Crippen molar-refractivity contribution < 1.29 is 4.79 Å². The van der Waals surface area contributed by atoms with Gasteiger partial charge in [-0.25, -0.2) is 0 Å². The number of hydrogen-bond donors (Lipinski definition) is 1. The summed E-state index contributed by atoms with van der Waals surface area (Å²) in [6, 6.07) is 9.03. The zero-order chi connectivity index (χ0) is 16.1. The Kier molecular flexibility index (Phi) is 4.87. The van der Waals surface area contributed by atoms with Gasteiger partial charge in [-0.3, -0.25) is 14.2 Å². The van der Waals surface area contributed by atoms with Crippen LogP contribution in [0, 0.1) is 0 Å². The highest BCUT2D eigenvalue weighted by Crippen LogP contribution is 2.18. The number of aromatic nitrogens is 4. The molecule has 0 aliphatic carbocycles. The lowest BCUT2D eigenvalue weighted by atomic mass is 10.2. The summed E-state index contributed by atoms with van der Waals surface area (Å²) >= 11 is 1.73. The van der Waals surface area contributed by atoms with E-state index in [2.05, 4.69) is 20.5 Å². The second kappa shape index (κ2) is 7.23. The second-order valence-electron chi connectivity index (χ2n) is 5.04. The molecule has 0 saturated carbocycles. The van der Waals surface area contributed by atoms with E-state index in [0.29, 0.717) is 5.56 Å². The van der Waals surface area contributed by atoms with Crippen LogP contribution in [0.25, 0.3) is 5.65 Å². The first-order chi connectivity index (χ1) is 11.3. The summed E-state index contributed by atoms with van der Waals surface area (Å²) in [4.78, 5) is 16.4. The molecule has 0 spiro atoms. The predicted molar refractivity (Wildman–Crippen MR) is 90.4 cm³/mol. The Morgan fingerprint density at radius 3 is 3.00 bits per heavy atom. The molecular weight excluding hydrogens is 310 g/mol. The Balaban J connectivity index is 1.87. The molecule has 3 aromatic heterocycles. The van der Waals surface area contributed by atoms with Crippen LogP contribution in [0.3, 0.4) is 0 Å². The quantitative estimate of drug-likeness (QED) is 0.752. The zero-order valence-corrected chi connectivity index (χ0v) is 13.5. The standard InChI is InChI=1S/C16H17N5OS/c1-23-10-7-13(18-16(22)12-5-4-8-17-11-12)15-20-19-14-6-2-3-9-21(14)15/h2-6,8-9,11,13H,7,10H2,1H3,(H,18,22)/t13-/m1/s1. The Bertz CT molecular complexity index is 789. The summed E-state index contributed by atoms with van der Waals surface area (Å²) in [6.07, 6.45) is 7.94. The summed E-state index contributed by atoms with van der Waals surface area (Å²) in [5.41, 5.74) is 1.31. The van der Waals surface area contributed by atoms with Gasteiger partial charge in [-0.15, -0.1) is 10.2 Å². The maximum Gasteiger partial charge on any atom is 0.253 e. The van der Waals surface area contributed by atoms with Gasteiger partial charge in [0.25, 0.3) is 5.91 Å². The van der Waals surface area contributed by atoms with E-state index in [0.717, 1.165) is 23.6 Å². The third-order valence-electron chi connectivity index (χ3n) is 3.49. The largest absolute Gasteiger partial charge is 0.342 e. The first-order valence-corrected chi connectivity index (χ1v) is 8.68. The van der Waals surface area contributed by atoms with Gasteiger partial charge in [-0.1, -0.05) is 6.07 Å². The minimum atomic E-state index is -0.201. The van der Waals surface area contributed by atoms with Crippen molar-refractivity contribution in [3.63, 3.8) is 0 Å². The highest BCUT2D eigenvalue weighted by molar-refractivity contribution is 7.98. The fourth-order valence-electron chi connectivity index (χ4n) is 2.34. The van der Waals surface area contributed by atoms with Crippen molar-refractivity contribution in [2.45, 2.75) is 12.5 Å². The van der Waals surface area contributed by atoms with Crippen LogP contribution in [0.2, 0.25) is 0 Å².